The van der Waals surface area contributed by atoms with Crippen molar-refractivity contribution < 1.29 is 13.6 Å². The van der Waals surface area contributed by atoms with Crippen LogP contribution in [0.4, 0.5) is 8.78 Å². The molecule has 0 bridgehead atoms. The molecular weight excluding hydrogens is 354 g/mol. The first-order valence-corrected chi connectivity index (χ1v) is 8.23. The zero-order chi connectivity index (χ0) is 19.6. The van der Waals surface area contributed by atoms with Crippen LogP contribution < -0.4 is 11.0 Å². The van der Waals surface area contributed by atoms with Gasteiger partial charge in [-0.15, -0.1) is 0 Å². The average Bonchev–Trinajstić information content (AvgIpc) is 2.66. The number of rotatable bonds is 4. The Morgan fingerprint density at radius 1 is 1.11 bits per heavy atom. The molecule has 1 amide bonds. The summed E-state index contributed by atoms with van der Waals surface area (Å²) < 4.78 is 28.8. The van der Waals surface area contributed by atoms with Crippen molar-refractivity contribution in [2.75, 3.05) is 0 Å². The molecule has 138 valence electrons. The Balaban J connectivity index is 2.00. The average molecular weight is 370 g/mol. The lowest BCUT2D eigenvalue weighted by atomic mass is 10.1. The van der Waals surface area contributed by atoms with Crippen LogP contribution in [0.5, 0.6) is 0 Å². The number of halogens is 2. The van der Waals surface area contributed by atoms with E-state index in [0.717, 1.165) is 12.1 Å². The number of aryl methyl sites for hydroxylation is 1. The molecule has 0 fully saturated rings. The number of nitrogens with one attached hydrogen (secondary N) is 1. The maximum absolute atomic E-state index is 13.8. The van der Waals surface area contributed by atoms with E-state index in [1.54, 1.807) is 31.2 Å². The molecule has 0 aliphatic rings. The van der Waals surface area contributed by atoms with Crippen LogP contribution in [-0.4, -0.2) is 21.4 Å². The van der Waals surface area contributed by atoms with Crippen molar-refractivity contribution in [3.63, 3.8) is 0 Å². The molecule has 0 spiro atoms. The highest BCUT2D eigenvalue weighted by Gasteiger charge is 2.17. The number of fused-ring (bicyclic) bond motifs is 1. The van der Waals surface area contributed by atoms with Gasteiger partial charge in [-0.05, 0) is 32.0 Å². The van der Waals surface area contributed by atoms with Gasteiger partial charge < -0.3 is 0 Å². The topological polar surface area (TPSA) is 76.3 Å². The largest absolute Gasteiger partial charge is 0.292 e. The summed E-state index contributed by atoms with van der Waals surface area (Å²) in [5.74, 6) is -2.26. The number of carbonyl (C=O) groups is 1. The van der Waals surface area contributed by atoms with Gasteiger partial charge >= 0.3 is 0 Å². The van der Waals surface area contributed by atoms with Crippen LogP contribution >= 0.6 is 0 Å². The maximum Gasteiger partial charge on any atom is 0.292 e. The van der Waals surface area contributed by atoms with Gasteiger partial charge in [0.2, 0.25) is 0 Å². The minimum absolute atomic E-state index is 0.00222. The van der Waals surface area contributed by atoms with E-state index in [4.69, 9.17) is 0 Å². The third-order valence-electron chi connectivity index (χ3n) is 4.03. The molecule has 0 aliphatic heterocycles. The fourth-order valence-electron chi connectivity index (χ4n) is 2.70. The Kier molecular flexibility index (Phi) is 5.07. The minimum atomic E-state index is -0.784. The molecule has 6 nitrogen and oxygen atoms in total. The van der Waals surface area contributed by atoms with Crippen molar-refractivity contribution in [3.05, 3.63) is 75.7 Å². The molecule has 0 atom stereocenters. The SMILES string of the molecule is CCn1nc(C(=O)N/N=C(/C)c2c(F)cccc2F)c2ccccc2c1=O. The van der Waals surface area contributed by atoms with E-state index in [1.165, 1.54) is 17.7 Å². The summed E-state index contributed by atoms with van der Waals surface area (Å²) in [6.45, 7) is 3.39. The normalized spacial score (nSPS) is 11.6. The molecule has 8 heteroatoms. The van der Waals surface area contributed by atoms with Crippen molar-refractivity contribution >= 4 is 22.4 Å². The van der Waals surface area contributed by atoms with E-state index < -0.39 is 17.5 Å². The van der Waals surface area contributed by atoms with Crippen LogP contribution in [0.25, 0.3) is 10.8 Å². The number of hydrazone groups is 1. The summed E-state index contributed by atoms with van der Waals surface area (Å²) in [4.78, 5) is 24.9. The van der Waals surface area contributed by atoms with Gasteiger partial charge in [-0.3, -0.25) is 9.59 Å². The molecule has 0 aliphatic carbocycles. The van der Waals surface area contributed by atoms with E-state index in [9.17, 15) is 18.4 Å². The number of carbonyl (C=O) groups excluding carboxylic acids is 1. The van der Waals surface area contributed by atoms with Crippen molar-refractivity contribution in [2.24, 2.45) is 5.10 Å². The van der Waals surface area contributed by atoms with Crippen LogP contribution in [-0.2, 0) is 6.54 Å². The van der Waals surface area contributed by atoms with E-state index in [1.807, 2.05) is 0 Å². The molecule has 0 saturated carbocycles. The summed E-state index contributed by atoms with van der Waals surface area (Å²) >= 11 is 0. The first-order valence-electron chi connectivity index (χ1n) is 8.23. The van der Waals surface area contributed by atoms with Gasteiger partial charge in [0, 0.05) is 11.9 Å². The van der Waals surface area contributed by atoms with Crippen molar-refractivity contribution in [1.82, 2.24) is 15.2 Å². The number of hydrogen-bond acceptors (Lipinski definition) is 4. The predicted octanol–water partition coefficient (Wildman–Crippen LogP) is 2.85. The lowest BCUT2D eigenvalue weighted by Crippen LogP contribution is -2.29. The van der Waals surface area contributed by atoms with Crippen LogP contribution in [0.1, 0.15) is 29.9 Å². The summed E-state index contributed by atoms with van der Waals surface area (Å²) in [7, 11) is 0. The van der Waals surface area contributed by atoms with Gasteiger partial charge in [0.15, 0.2) is 5.69 Å². The lowest BCUT2D eigenvalue weighted by molar-refractivity contribution is 0.0949. The van der Waals surface area contributed by atoms with Gasteiger partial charge in [-0.1, -0.05) is 24.3 Å². The van der Waals surface area contributed by atoms with Crippen molar-refractivity contribution in [2.45, 2.75) is 20.4 Å². The number of aromatic nitrogens is 2. The number of hydrogen-bond donors (Lipinski definition) is 1. The molecule has 1 aromatic heterocycles. The predicted molar refractivity (Wildman–Crippen MR) is 97.7 cm³/mol. The molecular formula is C19H16F2N4O2. The zero-order valence-electron chi connectivity index (χ0n) is 14.7. The van der Waals surface area contributed by atoms with E-state index in [-0.39, 0.29) is 29.1 Å². The molecule has 1 N–H and O–H groups in total. The molecule has 1 heterocycles. The van der Waals surface area contributed by atoms with Crippen LogP contribution in [0.3, 0.4) is 0 Å². The van der Waals surface area contributed by atoms with Gasteiger partial charge in [0.05, 0.1) is 16.7 Å². The summed E-state index contributed by atoms with van der Waals surface area (Å²) in [5.41, 5.74) is 1.58. The maximum atomic E-state index is 13.8. The second kappa shape index (κ2) is 7.45. The van der Waals surface area contributed by atoms with Gasteiger partial charge in [0.1, 0.15) is 11.6 Å². The van der Waals surface area contributed by atoms with Crippen LogP contribution in [0.15, 0.2) is 52.4 Å². The smallest absolute Gasteiger partial charge is 0.267 e. The van der Waals surface area contributed by atoms with Gasteiger partial charge in [-0.2, -0.15) is 10.2 Å². The molecule has 27 heavy (non-hydrogen) atoms. The van der Waals surface area contributed by atoms with Gasteiger partial charge in [0.25, 0.3) is 11.5 Å². The Hall–Kier alpha value is -3.42. The monoisotopic (exact) mass is 370 g/mol. The Bertz CT molecular complexity index is 1100. The second-order valence-corrected chi connectivity index (χ2v) is 5.75. The quantitative estimate of drug-likeness (QED) is 0.567. The minimum Gasteiger partial charge on any atom is -0.267 e. The molecule has 0 unspecified atom stereocenters. The summed E-state index contributed by atoms with van der Waals surface area (Å²) in [5, 5.41) is 8.58. The molecule has 0 radical (unpaired) electrons. The molecule has 3 aromatic rings. The fraction of sp³-hybridized carbons (Fsp3) is 0.158. The van der Waals surface area contributed by atoms with Crippen LogP contribution in [0, 0.1) is 11.6 Å². The van der Waals surface area contributed by atoms with Crippen molar-refractivity contribution in [3.8, 4) is 0 Å². The van der Waals surface area contributed by atoms with E-state index in [0.29, 0.717) is 10.8 Å². The summed E-state index contributed by atoms with van der Waals surface area (Å²) in [6, 6.07) is 10.0. The van der Waals surface area contributed by atoms with Crippen molar-refractivity contribution in [1.29, 1.82) is 0 Å². The third-order valence-corrected chi connectivity index (χ3v) is 4.03. The molecule has 2 aromatic carbocycles. The van der Waals surface area contributed by atoms with Crippen LogP contribution in [0.2, 0.25) is 0 Å². The first-order chi connectivity index (χ1) is 12.9. The number of benzene rings is 2. The Labute approximate surface area is 153 Å². The van der Waals surface area contributed by atoms with E-state index >= 15 is 0 Å². The fourth-order valence-corrected chi connectivity index (χ4v) is 2.70. The molecule has 0 saturated heterocycles. The first kappa shape index (κ1) is 18.4. The highest BCUT2D eigenvalue weighted by atomic mass is 19.1. The Morgan fingerprint density at radius 3 is 2.37 bits per heavy atom. The van der Waals surface area contributed by atoms with E-state index in [2.05, 4.69) is 15.6 Å². The zero-order valence-corrected chi connectivity index (χ0v) is 14.7. The highest BCUT2D eigenvalue weighted by Crippen LogP contribution is 2.15. The third kappa shape index (κ3) is 3.46. The second-order valence-electron chi connectivity index (χ2n) is 5.75. The summed E-state index contributed by atoms with van der Waals surface area (Å²) in [6.07, 6.45) is 0. The Morgan fingerprint density at radius 2 is 1.74 bits per heavy atom. The number of amides is 1. The standard InChI is InChI=1S/C19H16F2N4O2/c1-3-25-19(27)13-8-5-4-7-12(13)17(24-25)18(26)23-22-11(2)16-14(20)9-6-10-15(16)21/h4-10H,3H2,1-2H3,(H,23,26)/b22-11-. The number of nitrogens with zero attached hydrogens (tertiary/aromatic N) is 3. The molecule has 3 rings (SSSR count). The van der Waals surface area contributed by atoms with Gasteiger partial charge in [-0.25, -0.2) is 18.9 Å². The highest BCUT2D eigenvalue weighted by molar-refractivity contribution is 6.06. The lowest BCUT2D eigenvalue weighted by Gasteiger charge is -2.09.